The number of rotatable bonds is 3. The van der Waals surface area contributed by atoms with Crippen LogP contribution < -0.4 is 10.5 Å². The topological polar surface area (TPSA) is 47.7 Å². The Hall–Kier alpha value is -0.810. The molecule has 0 saturated carbocycles. The van der Waals surface area contributed by atoms with E-state index in [1.54, 1.807) is 0 Å². The van der Waals surface area contributed by atoms with Gasteiger partial charge in [-0.3, -0.25) is 4.90 Å². The molecular weight excluding hydrogens is 264 g/mol. The minimum atomic E-state index is 0.282. The van der Waals surface area contributed by atoms with Crippen molar-refractivity contribution in [1.82, 2.24) is 4.90 Å². The van der Waals surface area contributed by atoms with Gasteiger partial charge in [0.25, 0.3) is 0 Å². The van der Waals surface area contributed by atoms with Gasteiger partial charge in [0.05, 0.1) is 19.8 Å². The van der Waals surface area contributed by atoms with Crippen LogP contribution in [0.3, 0.4) is 0 Å². The van der Waals surface area contributed by atoms with Crippen molar-refractivity contribution in [3.8, 4) is 5.75 Å². The van der Waals surface area contributed by atoms with E-state index in [1.807, 2.05) is 12.1 Å². The summed E-state index contributed by atoms with van der Waals surface area (Å²) in [6, 6.07) is 4.30. The van der Waals surface area contributed by atoms with E-state index in [2.05, 4.69) is 4.90 Å². The van der Waals surface area contributed by atoms with Gasteiger partial charge >= 0.3 is 0 Å². The van der Waals surface area contributed by atoms with E-state index >= 15 is 0 Å². The number of halogens is 1. The molecule has 2 N–H and O–H groups in total. The van der Waals surface area contributed by atoms with Gasteiger partial charge in [-0.2, -0.15) is 0 Å². The first kappa shape index (κ1) is 13.2. The SMILES string of the molecule is NCC1COCCN1Cc1cc(Cl)cc2c1OCC2. The van der Waals surface area contributed by atoms with Crippen LogP contribution in [0.5, 0.6) is 5.75 Å². The zero-order chi connectivity index (χ0) is 13.2. The number of hydrogen-bond acceptors (Lipinski definition) is 4. The van der Waals surface area contributed by atoms with Gasteiger partial charge in [-0.05, 0) is 17.7 Å². The molecule has 3 rings (SSSR count). The van der Waals surface area contributed by atoms with Crippen molar-refractivity contribution in [2.75, 3.05) is 32.9 Å². The molecule has 19 heavy (non-hydrogen) atoms. The Labute approximate surface area is 118 Å². The fourth-order valence-corrected chi connectivity index (χ4v) is 3.06. The van der Waals surface area contributed by atoms with Gasteiger partial charge in [-0.25, -0.2) is 0 Å². The van der Waals surface area contributed by atoms with Gasteiger partial charge in [0.15, 0.2) is 0 Å². The van der Waals surface area contributed by atoms with Crippen molar-refractivity contribution in [2.24, 2.45) is 5.73 Å². The number of morpholine rings is 1. The highest BCUT2D eigenvalue weighted by atomic mass is 35.5. The Kier molecular flexibility index (Phi) is 3.93. The smallest absolute Gasteiger partial charge is 0.127 e. The summed E-state index contributed by atoms with van der Waals surface area (Å²) in [6.07, 6.45) is 0.951. The number of benzene rings is 1. The van der Waals surface area contributed by atoms with Crippen LogP contribution in [0, 0.1) is 0 Å². The van der Waals surface area contributed by atoms with Gasteiger partial charge in [-0.1, -0.05) is 11.6 Å². The number of fused-ring (bicyclic) bond motifs is 1. The van der Waals surface area contributed by atoms with Crippen molar-refractivity contribution in [2.45, 2.75) is 19.0 Å². The number of nitrogens with zero attached hydrogens (tertiary/aromatic N) is 1. The minimum Gasteiger partial charge on any atom is -0.493 e. The molecule has 5 heteroatoms. The summed E-state index contributed by atoms with van der Waals surface area (Å²) in [5.41, 5.74) is 8.20. The third-order valence-corrected chi connectivity index (χ3v) is 4.04. The molecule has 0 aromatic heterocycles. The van der Waals surface area contributed by atoms with Crippen molar-refractivity contribution in [1.29, 1.82) is 0 Å². The lowest BCUT2D eigenvalue weighted by Gasteiger charge is -2.35. The molecule has 1 aromatic carbocycles. The highest BCUT2D eigenvalue weighted by Gasteiger charge is 2.25. The lowest BCUT2D eigenvalue weighted by Crippen LogP contribution is -2.48. The zero-order valence-corrected chi connectivity index (χ0v) is 11.7. The third-order valence-electron chi connectivity index (χ3n) is 3.82. The summed E-state index contributed by atoms with van der Waals surface area (Å²) in [6.45, 7) is 4.58. The monoisotopic (exact) mass is 282 g/mol. The fourth-order valence-electron chi connectivity index (χ4n) is 2.80. The maximum absolute atomic E-state index is 6.19. The van der Waals surface area contributed by atoms with Gasteiger partial charge in [0.1, 0.15) is 5.75 Å². The highest BCUT2D eigenvalue weighted by Crippen LogP contribution is 2.34. The minimum absolute atomic E-state index is 0.282. The van der Waals surface area contributed by atoms with Crippen LogP contribution in [0.2, 0.25) is 5.02 Å². The Bertz CT molecular complexity index is 467. The van der Waals surface area contributed by atoms with Gasteiger partial charge < -0.3 is 15.2 Å². The fraction of sp³-hybridized carbons (Fsp3) is 0.571. The van der Waals surface area contributed by atoms with Crippen molar-refractivity contribution < 1.29 is 9.47 Å². The van der Waals surface area contributed by atoms with E-state index in [0.717, 1.165) is 43.5 Å². The predicted octanol–water partition coefficient (Wildman–Crippen LogP) is 1.43. The molecule has 0 aliphatic carbocycles. The Morgan fingerprint density at radius 1 is 1.37 bits per heavy atom. The molecule has 1 unspecified atom stereocenters. The van der Waals surface area contributed by atoms with Gasteiger partial charge in [0, 0.05) is 42.7 Å². The van der Waals surface area contributed by atoms with Crippen LogP contribution >= 0.6 is 11.6 Å². The van der Waals surface area contributed by atoms with Gasteiger partial charge in [-0.15, -0.1) is 0 Å². The van der Waals surface area contributed by atoms with E-state index in [-0.39, 0.29) is 6.04 Å². The largest absolute Gasteiger partial charge is 0.493 e. The maximum Gasteiger partial charge on any atom is 0.127 e. The molecule has 0 bridgehead atoms. The Balaban J connectivity index is 1.82. The standard InChI is InChI=1S/C14H19ClN2O2/c15-12-5-10-1-3-19-14(10)11(6-12)8-17-2-4-18-9-13(17)7-16/h5-6,13H,1-4,7-9,16H2. The molecule has 1 atom stereocenters. The zero-order valence-electron chi connectivity index (χ0n) is 10.9. The molecule has 2 heterocycles. The maximum atomic E-state index is 6.19. The first-order valence-electron chi connectivity index (χ1n) is 6.74. The summed E-state index contributed by atoms with van der Waals surface area (Å²) in [5, 5.41) is 0.789. The second kappa shape index (κ2) is 5.67. The lowest BCUT2D eigenvalue weighted by atomic mass is 10.1. The van der Waals surface area contributed by atoms with Crippen LogP contribution in [-0.2, 0) is 17.7 Å². The normalized spacial score (nSPS) is 23.2. The van der Waals surface area contributed by atoms with Crippen LogP contribution in [0.15, 0.2) is 12.1 Å². The molecular formula is C14H19ClN2O2. The molecule has 1 fully saturated rings. The van der Waals surface area contributed by atoms with Crippen molar-refractivity contribution in [3.63, 3.8) is 0 Å². The second-order valence-corrected chi connectivity index (χ2v) is 5.52. The highest BCUT2D eigenvalue weighted by molar-refractivity contribution is 6.30. The number of ether oxygens (including phenoxy) is 2. The van der Waals surface area contributed by atoms with E-state index in [4.69, 9.17) is 26.8 Å². The number of hydrogen-bond donors (Lipinski definition) is 1. The summed E-state index contributed by atoms with van der Waals surface area (Å²) < 4.78 is 11.2. The van der Waals surface area contributed by atoms with Crippen LogP contribution in [0.1, 0.15) is 11.1 Å². The first-order chi connectivity index (χ1) is 9.28. The van der Waals surface area contributed by atoms with Crippen molar-refractivity contribution in [3.05, 3.63) is 28.3 Å². The first-order valence-corrected chi connectivity index (χ1v) is 7.11. The van der Waals surface area contributed by atoms with Crippen LogP contribution in [0.25, 0.3) is 0 Å². The van der Waals surface area contributed by atoms with E-state index in [9.17, 15) is 0 Å². The summed E-state index contributed by atoms with van der Waals surface area (Å²) in [5.74, 6) is 1.02. The molecule has 0 amide bonds. The molecule has 2 aliphatic rings. The Morgan fingerprint density at radius 3 is 3.11 bits per heavy atom. The molecule has 0 spiro atoms. The van der Waals surface area contributed by atoms with E-state index < -0.39 is 0 Å². The molecule has 0 radical (unpaired) electrons. The summed E-state index contributed by atoms with van der Waals surface area (Å²) >= 11 is 6.19. The predicted molar refractivity (Wildman–Crippen MR) is 74.7 cm³/mol. The average molecular weight is 283 g/mol. The van der Waals surface area contributed by atoms with Crippen LogP contribution in [0.4, 0.5) is 0 Å². The quantitative estimate of drug-likeness (QED) is 0.911. The number of nitrogens with two attached hydrogens (primary N) is 1. The van der Waals surface area contributed by atoms with E-state index in [0.29, 0.717) is 13.2 Å². The van der Waals surface area contributed by atoms with Crippen molar-refractivity contribution >= 4 is 11.6 Å². The Morgan fingerprint density at radius 2 is 2.26 bits per heavy atom. The lowest BCUT2D eigenvalue weighted by molar-refractivity contribution is -0.00819. The molecule has 4 nitrogen and oxygen atoms in total. The molecule has 1 aromatic rings. The van der Waals surface area contributed by atoms with Crippen LogP contribution in [-0.4, -0.2) is 43.9 Å². The third kappa shape index (κ3) is 2.72. The molecule has 1 saturated heterocycles. The van der Waals surface area contributed by atoms with Gasteiger partial charge in [0.2, 0.25) is 0 Å². The molecule has 104 valence electrons. The summed E-state index contributed by atoms with van der Waals surface area (Å²) in [4.78, 5) is 2.36. The molecule has 2 aliphatic heterocycles. The second-order valence-electron chi connectivity index (χ2n) is 5.09. The summed E-state index contributed by atoms with van der Waals surface area (Å²) in [7, 11) is 0. The van der Waals surface area contributed by atoms with E-state index in [1.165, 1.54) is 11.1 Å². The average Bonchev–Trinajstić information content (AvgIpc) is 2.87.